The number of aromatic carboxylic acids is 1. The molecule has 3 N–H and O–H groups in total. The summed E-state index contributed by atoms with van der Waals surface area (Å²) in [6, 6.07) is 1.37. The first-order chi connectivity index (χ1) is 9.27. The number of rotatable bonds is 8. The van der Waals surface area contributed by atoms with Gasteiger partial charge in [-0.2, -0.15) is 0 Å². The highest BCUT2D eigenvalue weighted by Crippen LogP contribution is 2.25. The fourth-order valence-corrected chi connectivity index (χ4v) is 4.11. The van der Waals surface area contributed by atoms with E-state index in [2.05, 4.69) is 4.72 Å². The van der Waals surface area contributed by atoms with Crippen LogP contribution in [-0.4, -0.2) is 37.8 Å². The van der Waals surface area contributed by atoms with Gasteiger partial charge in [0.25, 0.3) is 0 Å². The zero-order valence-electron chi connectivity index (χ0n) is 11.4. The number of carboxylic acid groups (broad SMARTS) is 1. The van der Waals surface area contributed by atoms with E-state index in [-0.39, 0.29) is 28.2 Å². The van der Waals surface area contributed by atoms with Crippen LogP contribution in [0.3, 0.4) is 0 Å². The predicted molar refractivity (Wildman–Crippen MR) is 76.7 cm³/mol. The molecular formula is C12H19NO5S2. The third-order valence-corrected chi connectivity index (χ3v) is 5.99. The molecule has 0 amide bonds. The van der Waals surface area contributed by atoms with E-state index in [1.165, 1.54) is 6.07 Å². The van der Waals surface area contributed by atoms with Crippen molar-refractivity contribution >= 4 is 27.3 Å². The summed E-state index contributed by atoms with van der Waals surface area (Å²) in [5.41, 5.74) is 0.441. The van der Waals surface area contributed by atoms with Crippen molar-refractivity contribution in [3.05, 3.63) is 16.5 Å². The van der Waals surface area contributed by atoms with Crippen LogP contribution in [0.2, 0.25) is 0 Å². The highest BCUT2D eigenvalue weighted by Gasteiger charge is 2.21. The number of carboxylic acids is 1. The summed E-state index contributed by atoms with van der Waals surface area (Å²) in [5, 5.41) is 17.8. The number of aryl methyl sites for hydroxylation is 1. The molecule has 0 spiro atoms. The Morgan fingerprint density at radius 1 is 1.50 bits per heavy atom. The van der Waals surface area contributed by atoms with Crippen molar-refractivity contribution in [1.29, 1.82) is 0 Å². The minimum absolute atomic E-state index is 0.0163. The fourth-order valence-electron chi connectivity index (χ4n) is 1.62. The maximum atomic E-state index is 12.0. The molecule has 1 aromatic heterocycles. The minimum Gasteiger partial charge on any atom is -0.477 e. The highest BCUT2D eigenvalue weighted by molar-refractivity contribution is 7.91. The fraction of sp³-hybridized carbons (Fsp3) is 0.583. The van der Waals surface area contributed by atoms with E-state index < -0.39 is 16.0 Å². The third kappa shape index (κ3) is 4.55. The van der Waals surface area contributed by atoms with Crippen LogP contribution in [0.4, 0.5) is 0 Å². The number of aliphatic hydroxyl groups is 1. The van der Waals surface area contributed by atoms with Crippen LogP contribution in [-0.2, 0) is 10.0 Å². The Hall–Kier alpha value is -0.960. The van der Waals surface area contributed by atoms with Crippen LogP contribution < -0.4 is 4.72 Å². The van der Waals surface area contributed by atoms with Gasteiger partial charge >= 0.3 is 5.97 Å². The largest absolute Gasteiger partial charge is 0.477 e. The van der Waals surface area contributed by atoms with Crippen LogP contribution in [0.1, 0.15) is 35.0 Å². The van der Waals surface area contributed by atoms with Gasteiger partial charge < -0.3 is 10.2 Å². The molecule has 1 unspecified atom stereocenters. The summed E-state index contributed by atoms with van der Waals surface area (Å²) in [4.78, 5) is 10.9. The number of aliphatic hydroxyl groups excluding tert-OH is 1. The van der Waals surface area contributed by atoms with Gasteiger partial charge in [0.05, 0.1) is 0 Å². The molecule has 0 aromatic carbocycles. The Labute approximate surface area is 122 Å². The summed E-state index contributed by atoms with van der Waals surface area (Å²) in [6.45, 7) is 3.81. The van der Waals surface area contributed by atoms with Crippen LogP contribution >= 0.6 is 11.3 Å². The molecule has 1 atom stereocenters. The summed E-state index contributed by atoms with van der Waals surface area (Å²) in [5.74, 6) is -0.979. The Kier molecular flexibility index (Phi) is 6.12. The molecule has 8 heteroatoms. The number of hydrogen-bond acceptors (Lipinski definition) is 5. The first-order valence-corrected chi connectivity index (χ1v) is 8.52. The van der Waals surface area contributed by atoms with Crippen LogP contribution in [0.5, 0.6) is 0 Å². The molecule has 0 aliphatic rings. The molecule has 20 heavy (non-hydrogen) atoms. The zero-order chi connectivity index (χ0) is 15.3. The number of sulfonamides is 1. The summed E-state index contributed by atoms with van der Waals surface area (Å²) < 4.78 is 26.4. The van der Waals surface area contributed by atoms with E-state index in [9.17, 15) is 13.2 Å². The summed E-state index contributed by atoms with van der Waals surface area (Å²) in [6.07, 6.45) is 1.35. The Balaban J connectivity index is 2.65. The molecule has 0 fully saturated rings. The number of hydrogen-bond donors (Lipinski definition) is 3. The first-order valence-electron chi connectivity index (χ1n) is 6.22. The molecule has 0 aliphatic carbocycles. The molecular weight excluding hydrogens is 302 g/mol. The van der Waals surface area contributed by atoms with E-state index in [0.717, 1.165) is 17.8 Å². The summed E-state index contributed by atoms with van der Waals surface area (Å²) >= 11 is 0.753. The van der Waals surface area contributed by atoms with E-state index in [1.807, 2.05) is 6.92 Å². The number of nitrogens with one attached hydrogen (secondary N) is 1. The Morgan fingerprint density at radius 3 is 2.65 bits per heavy atom. The monoisotopic (exact) mass is 321 g/mol. The second-order valence-electron chi connectivity index (χ2n) is 4.71. The van der Waals surface area contributed by atoms with Crippen molar-refractivity contribution in [2.75, 3.05) is 13.2 Å². The lowest BCUT2D eigenvalue weighted by molar-refractivity contribution is 0.0701. The van der Waals surface area contributed by atoms with Gasteiger partial charge in [0.15, 0.2) is 0 Å². The molecule has 1 heterocycles. The molecule has 0 aliphatic heterocycles. The van der Waals surface area contributed by atoms with E-state index in [4.69, 9.17) is 10.2 Å². The van der Waals surface area contributed by atoms with E-state index >= 15 is 0 Å². The summed E-state index contributed by atoms with van der Waals surface area (Å²) in [7, 11) is -3.66. The second kappa shape index (κ2) is 7.16. The third-order valence-electron chi connectivity index (χ3n) is 2.83. The molecule has 1 rings (SSSR count). The van der Waals surface area contributed by atoms with Gasteiger partial charge in [0, 0.05) is 13.2 Å². The SMILES string of the molecule is Cc1cc(S(=O)(=O)NCCCC(C)CO)sc1C(=O)O. The quantitative estimate of drug-likeness (QED) is 0.629. The van der Waals surface area contributed by atoms with Crippen molar-refractivity contribution < 1.29 is 23.4 Å². The van der Waals surface area contributed by atoms with Crippen LogP contribution in [0, 0.1) is 12.8 Å². The topological polar surface area (TPSA) is 104 Å². The predicted octanol–water partition coefficient (Wildman–Crippen LogP) is 1.44. The van der Waals surface area contributed by atoms with Crippen molar-refractivity contribution in [2.24, 2.45) is 5.92 Å². The van der Waals surface area contributed by atoms with Crippen molar-refractivity contribution in [3.8, 4) is 0 Å². The maximum absolute atomic E-state index is 12.0. The molecule has 0 bridgehead atoms. The van der Waals surface area contributed by atoms with Crippen LogP contribution in [0.25, 0.3) is 0 Å². The normalized spacial score (nSPS) is 13.3. The average molecular weight is 321 g/mol. The smallest absolute Gasteiger partial charge is 0.346 e. The van der Waals surface area contributed by atoms with Gasteiger partial charge in [-0.3, -0.25) is 0 Å². The number of thiophene rings is 1. The molecule has 0 saturated carbocycles. The molecule has 0 saturated heterocycles. The lowest BCUT2D eigenvalue weighted by atomic mass is 10.1. The Bertz CT molecular complexity index is 564. The zero-order valence-corrected chi connectivity index (χ0v) is 13.1. The van der Waals surface area contributed by atoms with Crippen molar-refractivity contribution in [1.82, 2.24) is 4.72 Å². The van der Waals surface area contributed by atoms with Crippen LogP contribution in [0.15, 0.2) is 10.3 Å². The lowest BCUT2D eigenvalue weighted by Gasteiger charge is -2.08. The minimum atomic E-state index is -3.66. The van der Waals surface area contributed by atoms with Gasteiger partial charge in [-0.15, -0.1) is 11.3 Å². The van der Waals surface area contributed by atoms with E-state index in [0.29, 0.717) is 12.0 Å². The van der Waals surface area contributed by atoms with Gasteiger partial charge in [-0.1, -0.05) is 6.92 Å². The van der Waals surface area contributed by atoms with Gasteiger partial charge in [0.1, 0.15) is 9.09 Å². The van der Waals surface area contributed by atoms with Crippen molar-refractivity contribution in [3.63, 3.8) is 0 Å². The molecule has 0 radical (unpaired) electrons. The molecule has 114 valence electrons. The first kappa shape index (κ1) is 17.1. The van der Waals surface area contributed by atoms with Gasteiger partial charge in [0.2, 0.25) is 10.0 Å². The van der Waals surface area contributed by atoms with E-state index in [1.54, 1.807) is 6.92 Å². The molecule has 1 aromatic rings. The number of carbonyl (C=O) groups is 1. The molecule has 6 nitrogen and oxygen atoms in total. The highest BCUT2D eigenvalue weighted by atomic mass is 32.2. The maximum Gasteiger partial charge on any atom is 0.346 e. The standard InChI is InChI=1S/C12H19NO5S2/c1-8(7-14)4-3-5-13-20(17,18)10-6-9(2)11(19-10)12(15)16/h6,8,13-14H,3-5,7H2,1-2H3,(H,15,16). The second-order valence-corrected chi connectivity index (χ2v) is 7.76. The Morgan fingerprint density at radius 2 is 2.15 bits per heavy atom. The average Bonchev–Trinajstić information content (AvgIpc) is 2.77. The lowest BCUT2D eigenvalue weighted by Crippen LogP contribution is -2.24. The van der Waals surface area contributed by atoms with Crippen molar-refractivity contribution in [2.45, 2.75) is 30.9 Å². The van der Waals surface area contributed by atoms with Gasteiger partial charge in [-0.25, -0.2) is 17.9 Å². The van der Waals surface area contributed by atoms with Gasteiger partial charge in [-0.05, 0) is 37.3 Å².